The molecule has 0 bridgehead atoms. The van der Waals surface area contributed by atoms with Gasteiger partial charge in [-0.15, -0.1) is 0 Å². The Hall–Kier alpha value is -2.35. The van der Waals surface area contributed by atoms with E-state index in [9.17, 15) is 4.21 Å². The highest BCUT2D eigenvalue weighted by Gasteiger charge is 2.16. The van der Waals surface area contributed by atoms with Crippen LogP contribution in [0, 0.1) is 0 Å². The van der Waals surface area contributed by atoms with Gasteiger partial charge < -0.3 is 20.9 Å². The van der Waals surface area contributed by atoms with E-state index in [1.54, 1.807) is 24.6 Å². The van der Waals surface area contributed by atoms with Crippen molar-refractivity contribution in [3.05, 3.63) is 29.5 Å². The molecule has 0 radical (unpaired) electrons. The quantitative estimate of drug-likeness (QED) is 0.843. The van der Waals surface area contributed by atoms with Gasteiger partial charge >= 0.3 is 0 Å². The van der Waals surface area contributed by atoms with Gasteiger partial charge in [0.15, 0.2) is 0 Å². The van der Waals surface area contributed by atoms with Gasteiger partial charge in [0.2, 0.25) is 5.95 Å². The number of ether oxygens (including phenoxy) is 2. The first-order chi connectivity index (χ1) is 10.5. The maximum Gasteiger partial charge on any atom is 0.221 e. The van der Waals surface area contributed by atoms with Gasteiger partial charge in [-0.3, -0.25) is 4.21 Å². The summed E-state index contributed by atoms with van der Waals surface area (Å²) in [6.45, 7) is 0. The molecule has 0 aliphatic rings. The lowest BCUT2D eigenvalue weighted by atomic mass is 10.1. The third kappa shape index (κ3) is 3.28. The molecule has 1 unspecified atom stereocenters. The monoisotopic (exact) mass is 322 g/mol. The first kappa shape index (κ1) is 16.0. The van der Waals surface area contributed by atoms with E-state index in [0.717, 1.165) is 11.1 Å². The van der Waals surface area contributed by atoms with E-state index in [1.165, 1.54) is 14.2 Å². The molecule has 22 heavy (non-hydrogen) atoms. The Balaban J connectivity index is 2.46. The topological polar surface area (TPSA) is 113 Å². The number of rotatable bonds is 5. The number of hydrogen-bond acceptors (Lipinski definition) is 7. The van der Waals surface area contributed by atoms with Gasteiger partial charge in [0.05, 0.1) is 25.0 Å². The van der Waals surface area contributed by atoms with E-state index in [2.05, 4.69) is 9.97 Å². The second-order valence-corrected chi connectivity index (χ2v) is 5.92. The molecule has 1 atom stereocenters. The summed E-state index contributed by atoms with van der Waals surface area (Å²) in [7, 11) is 1.82. The lowest BCUT2D eigenvalue weighted by Gasteiger charge is -2.14. The molecule has 0 fully saturated rings. The minimum absolute atomic E-state index is 0.133. The van der Waals surface area contributed by atoms with Crippen LogP contribution in [0.4, 0.5) is 11.8 Å². The summed E-state index contributed by atoms with van der Waals surface area (Å²) in [5, 5.41) is 0. The van der Waals surface area contributed by atoms with Gasteiger partial charge in [0.25, 0.3) is 0 Å². The number of aromatic nitrogens is 2. The van der Waals surface area contributed by atoms with E-state index in [0.29, 0.717) is 28.6 Å². The fraction of sp³-hybridized carbons (Fsp3) is 0.286. The average molecular weight is 322 g/mol. The number of anilines is 2. The zero-order valence-corrected chi connectivity index (χ0v) is 13.4. The van der Waals surface area contributed by atoms with Crippen LogP contribution in [-0.4, -0.2) is 34.7 Å². The zero-order valence-electron chi connectivity index (χ0n) is 12.6. The van der Waals surface area contributed by atoms with Crippen molar-refractivity contribution >= 4 is 22.6 Å². The first-order valence-electron chi connectivity index (χ1n) is 6.41. The molecule has 2 rings (SSSR count). The molecule has 1 aromatic heterocycles. The predicted molar refractivity (Wildman–Crippen MR) is 85.5 cm³/mol. The van der Waals surface area contributed by atoms with Crippen molar-refractivity contribution in [2.45, 2.75) is 11.3 Å². The smallest absolute Gasteiger partial charge is 0.221 e. The van der Waals surface area contributed by atoms with Crippen LogP contribution in [-0.2, 0) is 17.2 Å². The van der Waals surface area contributed by atoms with Gasteiger partial charge in [-0.25, -0.2) is 4.98 Å². The number of nitrogens with two attached hydrogens (primary N) is 2. The van der Waals surface area contributed by atoms with Crippen molar-refractivity contribution < 1.29 is 13.7 Å². The van der Waals surface area contributed by atoms with E-state index in [1.807, 2.05) is 0 Å². The van der Waals surface area contributed by atoms with Crippen LogP contribution >= 0.6 is 0 Å². The third-order valence-electron chi connectivity index (χ3n) is 3.12. The van der Waals surface area contributed by atoms with Crippen molar-refractivity contribution in [2.75, 3.05) is 31.9 Å². The summed E-state index contributed by atoms with van der Waals surface area (Å²) in [6.07, 6.45) is 3.64. The summed E-state index contributed by atoms with van der Waals surface area (Å²) in [5.41, 5.74) is 13.0. The summed E-state index contributed by atoms with van der Waals surface area (Å²) < 4.78 is 22.5. The molecule has 1 heterocycles. The van der Waals surface area contributed by atoms with Crippen molar-refractivity contribution in [3.8, 4) is 11.5 Å². The molecule has 0 spiro atoms. The molecule has 0 aliphatic heterocycles. The van der Waals surface area contributed by atoms with E-state index in [-0.39, 0.29) is 5.95 Å². The van der Waals surface area contributed by atoms with Crippen molar-refractivity contribution in [2.24, 2.45) is 0 Å². The molecular formula is C14H18N4O3S. The summed E-state index contributed by atoms with van der Waals surface area (Å²) in [4.78, 5) is 8.40. The Morgan fingerprint density at radius 3 is 2.23 bits per heavy atom. The second-order valence-electron chi connectivity index (χ2n) is 4.60. The molecule has 0 aliphatic carbocycles. The van der Waals surface area contributed by atoms with Crippen LogP contribution in [0.15, 0.2) is 23.2 Å². The molecule has 1 aromatic carbocycles. The molecule has 118 valence electrons. The highest BCUT2D eigenvalue weighted by Crippen LogP contribution is 2.34. The molecule has 2 aromatic rings. The van der Waals surface area contributed by atoms with Crippen LogP contribution < -0.4 is 20.9 Å². The molecule has 4 N–H and O–H groups in total. The molecule has 0 amide bonds. The number of nitrogens with zero attached hydrogens (tertiary/aromatic N) is 2. The third-order valence-corrected chi connectivity index (χ3v) is 4.10. The number of methoxy groups -OCH3 is 2. The average Bonchev–Trinajstić information content (AvgIpc) is 2.48. The molecule has 8 heteroatoms. The maximum atomic E-state index is 11.9. The van der Waals surface area contributed by atoms with Crippen LogP contribution in [0.2, 0.25) is 0 Å². The zero-order chi connectivity index (χ0) is 16.3. The van der Waals surface area contributed by atoms with E-state index >= 15 is 0 Å². The lowest BCUT2D eigenvalue weighted by Crippen LogP contribution is -2.05. The van der Waals surface area contributed by atoms with Crippen LogP contribution in [0.3, 0.4) is 0 Å². The van der Waals surface area contributed by atoms with Crippen molar-refractivity contribution in [1.29, 1.82) is 0 Å². The highest BCUT2D eigenvalue weighted by atomic mass is 32.2. The standard InChI is InChI=1S/C14H18N4O3S/c1-20-10-5-8(6-11(21-2)12(10)22(3)19)4-9-7-17-14(16)18-13(9)15/h5-7H,4H2,1-3H3,(H4,15,16,17,18). The SMILES string of the molecule is COc1cc(Cc2cnc(N)nc2N)cc(OC)c1S(C)=O. The van der Waals surface area contributed by atoms with Crippen LogP contribution in [0.1, 0.15) is 11.1 Å². The lowest BCUT2D eigenvalue weighted by molar-refractivity contribution is 0.374. The maximum absolute atomic E-state index is 11.9. The Bertz CT molecular complexity index is 696. The molecule has 7 nitrogen and oxygen atoms in total. The van der Waals surface area contributed by atoms with E-state index < -0.39 is 10.8 Å². The molecule has 0 saturated carbocycles. The fourth-order valence-corrected chi connectivity index (χ4v) is 2.96. The minimum atomic E-state index is -1.23. The molecular weight excluding hydrogens is 304 g/mol. The Labute approximate surface area is 131 Å². The highest BCUT2D eigenvalue weighted by molar-refractivity contribution is 7.84. The Morgan fingerprint density at radius 1 is 1.18 bits per heavy atom. The minimum Gasteiger partial charge on any atom is -0.495 e. The summed E-state index contributed by atoms with van der Waals surface area (Å²) in [6, 6.07) is 3.60. The largest absolute Gasteiger partial charge is 0.495 e. The summed E-state index contributed by atoms with van der Waals surface area (Å²) >= 11 is 0. The van der Waals surface area contributed by atoms with Gasteiger partial charge in [-0.1, -0.05) is 0 Å². The van der Waals surface area contributed by atoms with Gasteiger partial charge in [-0.05, 0) is 17.7 Å². The Morgan fingerprint density at radius 2 is 1.77 bits per heavy atom. The number of benzene rings is 1. The number of hydrogen-bond donors (Lipinski definition) is 2. The number of nitrogen functional groups attached to an aromatic ring is 2. The second kappa shape index (κ2) is 6.61. The van der Waals surface area contributed by atoms with Gasteiger partial charge in [0, 0.05) is 24.4 Å². The van der Waals surface area contributed by atoms with E-state index in [4.69, 9.17) is 20.9 Å². The molecule has 0 saturated heterocycles. The van der Waals surface area contributed by atoms with Gasteiger partial charge in [-0.2, -0.15) is 4.98 Å². The normalized spacial score (nSPS) is 12.0. The first-order valence-corrected chi connectivity index (χ1v) is 7.97. The van der Waals surface area contributed by atoms with Crippen LogP contribution in [0.25, 0.3) is 0 Å². The van der Waals surface area contributed by atoms with Crippen LogP contribution in [0.5, 0.6) is 11.5 Å². The van der Waals surface area contributed by atoms with Gasteiger partial charge in [0.1, 0.15) is 22.2 Å². The predicted octanol–water partition coefficient (Wildman–Crippen LogP) is 0.986. The van der Waals surface area contributed by atoms with Crippen molar-refractivity contribution in [3.63, 3.8) is 0 Å². The fourth-order valence-electron chi connectivity index (χ4n) is 2.11. The van der Waals surface area contributed by atoms with Crippen molar-refractivity contribution in [1.82, 2.24) is 9.97 Å². The Kier molecular flexibility index (Phi) is 4.81. The summed E-state index contributed by atoms with van der Waals surface area (Å²) in [5.74, 6) is 1.47.